The highest BCUT2D eigenvalue weighted by Crippen LogP contribution is 2.32. The highest BCUT2D eigenvalue weighted by atomic mass is 32.2. The summed E-state index contributed by atoms with van der Waals surface area (Å²) in [6.45, 7) is -0.0267. The highest BCUT2D eigenvalue weighted by Gasteiger charge is 2.31. The van der Waals surface area contributed by atoms with E-state index in [1.165, 1.54) is 33.9 Å². The van der Waals surface area contributed by atoms with Crippen LogP contribution in [0.5, 0.6) is 5.75 Å². The number of aromatic nitrogens is 5. The van der Waals surface area contributed by atoms with Crippen LogP contribution in [0.1, 0.15) is 5.69 Å². The summed E-state index contributed by atoms with van der Waals surface area (Å²) in [4.78, 5) is 15.5. The number of rotatable bonds is 8. The van der Waals surface area contributed by atoms with Crippen LogP contribution in [0.25, 0.3) is 27.8 Å². The zero-order valence-corrected chi connectivity index (χ0v) is 19.4. The Hall–Kier alpha value is -4.14. The Balaban J connectivity index is 1.77. The minimum absolute atomic E-state index is 0.0976. The quantitative estimate of drug-likeness (QED) is 0.358. The van der Waals surface area contributed by atoms with Crippen molar-refractivity contribution in [2.45, 2.75) is 19.5 Å². The Labute approximate surface area is 202 Å². The van der Waals surface area contributed by atoms with Crippen molar-refractivity contribution in [3.05, 3.63) is 54.6 Å². The molecule has 0 bridgehead atoms. The molecule has 190 valence electrons. The van der Waals surface area contributed by atoms with Crippen molar-refractivity contribution in [1.29, 1.82) is 0 Å². The van der Waals surface area contributed by atoms with Crippen molar-refractivity contribution < 1.29 is 36.2 Å². The van der Waals surface area contributed by atoms with Crippen molar-refractivity contribution in [3.8, 4) is 22.6 Å². The number of ether oxygens (including phenoxy) is 1. The second-order valence-corrected chi connectivity index (χ2v) is 10.00. The summed E-state index contributed by atoms with van der Waals surface area (Å²) in [5.41, 5.74) is 2.22. The zero-order valence-electron chi connectivity index (χ0n) is 18.6. The molecule has 1 aromatic carbocycles. The zero-order chi connectivity index (χ0) is 26.1. The largest absolute Gasteiger partial charge is 0.573 e. The fourth-order valence-corrected chi connectivity index (χ4v) is 4.01. The van der Waals surface area contributed by atoms with Crippen LogP contribution in [0.2, 0.25) is 0 Å². The number of carbonyl (C=O) groups is 1. The van der Waals surface area contributed by atoms with Gasteiger partial charge in [-0.25, -0.2) is 22.9 Å². The molecule has 0 aliphatic carbocycles. The summed E-state index contributed by atoms with van der Waals surface area (Å²) in [7, 11) is -3.19. The standard InChI is InChI=1S/C21H19F3N6O5S/c1-36(33,34)9-8-29-12-13(10-27-29)16-6-7-25-19-18(16)17(11-26-20(31)32)28-30(19)14-2-4-15(5-3-14)35-21(22,23)24/h2-7,10,12,26H,8-9,11H2,1H3,(H,31,32). The predicted molar refractivity (Wildman–Crippen MR) is 121 cm³/mol. The van der Waals surface area contributed by atoms with Gasteiger partial charge in [0.2, 0.25) is 0 Å². The molecule has 0 spiro atoms. The van der Waals surface area contributed by atoms with E-state index in [1.54, 1.807) is 12.3 Å². The van der Waals surface area contributed by atoms with E-state index in [0.29, 0.717) is 33.5 Å². The Morgan fingerprint density at radius 1 is 1.19 bits per heavy atom. The molecule has 0 saturated carbocycles. The summed E-state index contributed by atoms with van der Waals surface area (Å²) >= 11 is 0. The Kier molecular flexibility index (Phi) is 6.58. The average molecular weight is 524 g/mol. The van der Waals surface area contributed by atoms with Gasteiger partial charge in [0.05, 0.1) is 41.8 Å². The molecule has 3 aromatic heterocycles. The number of pyridine rings is 1. The number of hydrogen-bond acceptors (Lipinski definition) is 7. The molecule has 0 aliphatic heterocycles. The molecule has 4 aromatic rings. The predicted octanol–water partition coefficient (Wildman–Crippen LogP) is 2.99. The van der Waals surface area contributed by atoms with Crippen molar-refractivity contribution in [2.24, 2.45) is 0 Å². The number of sulfone groups is 1. The van der Waals surface area contributed by atoms with Crippen molar-refractivity contribution in [3.63, 3.8) is 0 Å². The third-order valence-corrected chi connectivity index (χ3v) is 5.92. The molecule has 36 heavy (non-hydrogen) atoms. The molecule has 0 atom stereocenters. The molecule has 0 fully saturated rings. The molecule has 15 heteroatoms. The molecule has 0 unspecified atom stereocenters. The van der Waals surface area contributed by atoms with Gasteiger partial charge in [-0.1, -0.05) is 0 Å². The maximum atomic E-state index is 12.5. The Morgan fingerprint density at radius 3 is 2.56 bits per heavy atom. The van der Waals surface area contributed by atoms with E-state index < -0.39 is 28.0 Å². The number of carboxylic acid groups (broad SMARTS) is 1. The molecule has 2 N–H and O–H groups in total. The number of benzene rings is 1. The van der Waals surface area contributed by atoms with Gasteiger partial charge in [0.25, 0.3) is 0 Å². The Bertz CT molecular complexity index is 1510. The third-order valence-electron chi connectivity index (χ3n) is 5.00. The molecule has 4 rings (SSSR count). The van der Waals surface area contributed by atoms with Crippen LogP contribution in [0, 0.1) is 0 Å². The number of aryl methyl sites for hydroxylation is 1. The van der Waals surface area contributed by atoms with E-state index in [9.17, 15) is 26.4 Å². The summed E-state index contributed by atoms with van der Waals surface area (Å²) < 4.78 is 67.2. The average Bonchev–Trinajstić information content (AvgIpc) is 3.40. The molecular formula is C21H19F3N6O5S. The number of nitrogens with zero attached hydrogens (tertiary/aromatic N) is 5. The smallest absolute Gasteiger partial charge is 0.465 e. The van der Waals surface area contributed by atoms with Crippen molar-refractivity contribution >= 4 is 27.0 Å². The Morgan fingerprint density at radius 2 is 1.92 bits per heavy atom. The maximum Gasteiger partial charge on any atom is 0.573 e. The first-order valence-electron chi connectivity index (χ1n) is 10.3. The van der Waals surface area contributed by atoms with Crippen LogP contribution in [-0.4, -0.2) is 62.5 Å². The monoisotopic (exact) mass is 524 g/mol. The number of halogens is 3. The molecule has 11 nitrogen and oxygen atoms in total. The van der Waals surface area contributed by atoms with Gasteiger partial charge in [0, 0.05) is 24.2 Å². The first-order valence-corrected chi connectivity index (χ1v) is 12.4. The van der Waals surface area contributed by atoms with Gasteiger partial charge >= 0.3 is 12.5 Å². The van der Waals surface area contributed by atoms with E-state index in [4.69, 9.17) is 5.11 Å². The summed E-state index contributed by atoms with van der Waals surface area (Å²) in [5, 5.41) is 20.5. The molecule has 0 aliphatic rings. The van der Waals surface area contributed by atoms with Crippen LogP contribution in [0.15, 0.2) is 48.9 Å². The van der Waals surface area contributed by atoms with Crippen LogP contribution in [0.3, 0.4) is 0 Å². The maximum absolute atomic E-state index is 12.5. The van der Waals surface area contributed by atoms with Crippen LogP contribution >= 0.6 is 0 Å². The van der Waals surface area contributed by atoms with Crippen LogP contribution < -0.4 is 10.1 Å². The first-order chi connectivity index (χ1) is 16.9. The van der Waals surface area contributed by atoms with E-state index in [1.807, 2.05) is 0 Å². The summed E-state index contributed by atoms with van der Waals surface area (Å²) in [5.74, 6) is -0.509. The lowest BCUT2D eigenvalue weighted by atomic mass is 10.1. The second-order valence-electron chi connectivity index (χ2n) is 7.74. The molecule has 3 heterocycles. The topological polar surface area (TPSA) is 141 Å². The third kappa shape index (κ3) is 5.91. The van der Waals surface area contributed by atoms with Gasteiger partial charge in [-0.15, -0.1) is 13.2 Å². The first kappa shape index (κ1) is 25.0. The molecule has 1 amide bonds. The fourth-order valence-electron chi connectivity index (χ4n) is 3.49. The minimum Gasteiger partial charge on any atom is -0.465 e. The van der Waals surface area contributed by atoms with E-state index in [0.717, 1.165) is 18.4 Å². The molecular weight excluding hydrogens is 505 g/mol. The lowest BCUT2D eigenvalue weighted by Gasteiger charge is -2.09. The summed E-state index contributed by atoms with van der Waals surface area (Å²) in [6.07, 6.45) is -0.301. The summed E-state index contributed by atoms with van der Waals surface area (Å²) in [6, 6.07) is 6.65. The van der Waals surface area contributed by atoms with Gasteiger partial charge in [0.15, 0.2) is 5.65 Å². The number of hydrogen-bond donors (Lipinski definition) is 2. The van der Waals surface area contributed by atoms with Crippen LogP contribution in [0.4, 0.5) is 18.0 Å². The van der Waals surface area contributed by atoms with Crippen molar-refractivity contribution in [2.75, 3.05) is 12.0 Å². The lowest BCUT2D eigenvalue weighted by Crippen LogP contribution is -2.20. The van der Waals surface area contributed by atoms with E-state index in [2.05, 4.69) is 25.2 Å². The van der Waals surface area contributed by atoms with Gasteiger partial charge < -0.3 is 15.2 Å². The number of alkyl halides is 3. The van der Waals surface area contributed by atoms with Gasteiger partial charge in [-0.05, 0) is 35.9 Å². The normalized spacial score (nSPS) is 12.1. The second kappa shape index (κ2) is 9.49. The van der Waals surface area contributed by atoms with Crippen molar-refractivity contribution in [1.82, 2.24) is 29.9 Å². The SMILES string of the molecule is CS(=O)(=O)CCn1cc(-c2ccnc3c2c(CNC(=O)O)nn3-c2ccc(OC(F)(F)F)cc2)cn1. The number of nitrogens with one attached hydrogen (secondary N) is 1. The van der Waals surface area contributed by atoms with Gasteiger partial charge in [-0.3, -0.25) is 4.68 Å². The number of fused-ring (bicyclic) bond motifs is 1. The molecule has 0 saturated heterocycles. The van der Waals surface area contributed by atoms with E-state index >= 15 is 0 Å². The number of amides is 1. The van der Waals surface area contributed by atoms with Crippen LogP contribution in [-0.2, 0) is 22.9 Å². The molecule has 0 radical (unpaired) electrons. The highest BCUT2D eigenvalue weighted by molar-refractivity contribution is 7.90. The van der Waals surface area contributed by atoms with Gasteiger partial charge in [-0.2, -0.15) is 10.2 Å². The van der Waals surface area contributed by atoms with E-state index in [-0.39, 0.29) is 18.8 Å². The minimum atomic E-state index is -4.84. The lowest BCUT2D eigenvalue weighted by molar-refractivity contribution is -0.274. The fraction of sp³-hybridized carbons (Fsp3) is 0.238. The van der Waals surface area contributed by atoms with Gasteiger partial charge in [0.1, 0.15) is 15.6 Å².